The molecular weight excluding hydrogens is 285 g/mol. The van der Waals surface area contributed by atoms with Crippen molar-refractivity contribution >= 4 is 34.7 Å². The van der Waals surface area contributed by atoms with Crippen LogP contribution in [0.25, 0.3) is 0 Å². The molecule has 0 aliphatic heterocycles. The van der Waals surface area contributed by atoms with Crippen LogP contribution in [0.1, 0.15) is 5.56 Å². The third-order valence-electron chi connectivity index (χ3n) is 2.34. The number of nitroso groups, excluding NO2 is 1. The van der Waals surface area contributed by atoms with Gasteiger partial charge in [0.1, 0.15) is 0 Å². The third kappa shape index (κ3) is 3.30. The molecule has 0 amide bonds. The van der Waals surface area contributed by atoms with Crippen molar-refractivity contribution in [3.63, 3.8) is 0 Å². The number of hydrazone groups is 1. The highest BCUT2D eigenvalue weighted by Gasteiger charge is 2.13. The molecule has 0 aromatic heterocycles. The van der Waals surface area contributed by atoms with E-state index in [1.165, 1.54) is 0 Å². The minimum absolute atomic E-state index is 0.0977. The van der Waals surface area contributed by atoms with E-state index >= 15 is 0 Å². The first-order chi connectivity index (χ1) is 9.22. The zero-order valence-electron chi connectivity index (χ0n) is 9.68. The number of rotatable bonds is 3. The van der Waals surface area contributed by atoms with Crippen molar-refractivity contribution in [1.29, 1.82) is 0 Å². The highest BCUT2D eigenvalue weighted by molar-refractivity contribution is 6.40. The minimum atomic E-state index is -0.0977. The second-order valence-electron chi connectivity index (χ2n) is 3.60. The molecule has 0 aliphatic carbocycles. The Morgan fingerprint density at radius 2 is 1.58 bits per heavy atom. The highest BCUT2D eigenvalue weighted by Crippen LogP contribution is 2.25. The molecule has 0 heterocycles. The van der Waals surface area contributed by atoms with Crippen molar-refractivity contribution in [2.24, 2.45) is 10.3 Å². The largest absolute Gasteiger partial charge is 0.276 e. The molecule has 0 radical (unpaired) electrons. The van der Waals surface area contributed by atoms with E-state index in [9.17, 15) is 4.91 Å². The molecule has 0 bridgehead atoms. The van der Waals surface area contributed by atoms with Crippen LogP contribution < -0.4 is 5.43 Å². The van der Waals surface area contributed by atoms with Crippen LogP contribution in [0.2, 0.25) is 10.0 Å². The quantitative estimate of drug-likeness (QED) is 0.391. The van der Waals surface area contributed by atoms with Crippen LogP contribution in [0.4, 0.5) is 5.69 Å². The van der Waals surface area contributed by atoms with Crippen LogP contribution in [0.3, 0.4) is 0 Å². The van der Waals surface area contributed by atoms with Gasteiger partial charge in [-0.25, -0.2) is 0 Å². The fraction of sp³-hybridized carbons (Fsp3) is 0. The Hall–Kier alpha value is -1.91. The summed E-state index contributed by atoms with van der Waals surface area (Å²) in [7, 11) is 0. The summed E-state index contributed by atoms with van der Waals surface area (Å²) < 4.78 is 0. The second-order valence-corrected chi connectivity index (χ2v) is 4.42. The Balaban J connectivity index is 2.32. The first kappa shape index (κ1) is 13.5. The number of amidine groups is 1. The number of hydrogen-bond donors (Lipinski definition) is 1. The fourth-order valence-electron chi connectivity index (χ4n) is 1.46. The molecule has 0 saturated carbocycles. The number of benzene rings is 2. The number of para-hydroxylation sites is 1. The van der Waals surface area contributed by atoms with Gasteiger partial charge < -0.3 is 0 Å². The highest BCUT2D eigenvalue weighted by atomic mass is 35.5. The Morgan fingerprint density at radius 1 is 0.947 bits per heavy atom. The third-order valence-corrected chi connectivity index (χ3v) is 2.97. The summed E-state index contributed by atoms with van der Waals surface area (Å²) in [6.07, 6.45) is 0. The predicted molar refractivity (Wildman–Crippen MR) is 78.9 cm³/mol. The molecular formula is C13H9Cl2N3O. The molecule has 19 heavy (non-hydrogen) atoms. The van der Waals surface area contributed by atoms with Gasteiger partial charge >= 0.3 is 0 Å². The molecule has 0 saturated heterocycles. The molecule has 96 valence electrons. The van der Waals surface area contributed by atoms with E-state index in [1.807, 2.05) is 18.2 Å². The van der Waals surface area contributed by atoms with Gasteiger partial charge in [0.05, 0.1) is 21.3 Å². The van der Waals surface area contributed by atoms with E-state index in [0.29, 0.717) is 15.6 Å². The van der Waals surface area contributed by atoms with E-state index in [-0.39, 0.29) is 5.84 Å². The minimum Gasteiger partial charge on any atom is -0.276 e. The molecule has 2 aromatic rings. The van der Waals surface area contributed by atoms with E-state index in [0.717, 1.165) is 5.69 Å². The number of anilines is 1. The Bertz CT molecular complexity index is 594. The van der Waals surface area contributed by atoms with Crippen LogP contribution in [-0.4, -0.2) is 5.84 Å². The van der Waals surface area contributed by atoms with Gasteiger partial charge in [0, 0.05) is 0 Å². The predicted octanol–water partition coefficient (Wildman–Crippen LogP) is 4.53. The van der Waals surface area contributed by atoms with Crippen molar-refractivity contribution < 1.29 is 0 Å². The van der Waals surface area contributed by atoms with Gasteiger partial charge in [-0.05, 0) is 29.4 Å². The smallest absolute Gasteiger partial charge is 0.225 e. The number of hydrogen-bond acceptors (Lipinski definition) is 3. The summed E-state index contributed by atoms with van der Waals surface area (Å²) in [6.45, 7) is 0. The summed E-state index contributed by atoms with van der Waals surface area (Å²) in [5, 5.41) is 7.43. The van der Waals surface area contributed by atoms with Crippen LogP contribution >= 0.6 is 23.2 Å². The van der Waals surface area contributed by atoms with Gasteiger partial charge in [0.2, 0.25) is 5.84 Å². The SMILES string of the molecule is O=NC(=NNc1ccccc1)c1c(Cl)cccc1Cl. The maximum atomic E-state index is 10.9. The average Bonchev–Trinajstić information content (AvgIpc) is 2.43. The first-order valence-corrected chi connectivity index (χ1v) is 6.14. The fourth-order valence-corrected chi connectivity index (χ4v) is 2.03. The van der Waals surface area contributed by atoms with E-state index in [2.05, 4.69) is 15.7 Å². The molecule has 0 fully saturated rings. The van der Waals surface area contributed by atoms with Crippen LogP contribution in [0, 0.1) is 4.91 Å². The van der Waals surface area contributed by atoms with Crippen molar-refractivity contribution in [3.05, 3.63) is 69.0 Å². The molecule has 0 aliphatic rings. The van der Waals surface area contributed by atoms with E-state index < -0.39 is 0 Å². The molecule has 0 unspecified atom stereocenters. The lowest BCUT2D eigenvalue weighted by Gasteiger charge is -2.05. The topological polar surface area (TPSA) is 53.8 Å². The van der Waals surface area contributed by atoms with Gasteiger partial charge in [-0.15, -0.1) is 4.91 Å². The Kier molecular flexibility index (Phi) is 4.49. The molecule has 4 nitrogen and oxygen atoms in total. The van der Waals surface area contributed by atoms with E-state index in [4.69, 9.17) is 23.2 Å². The maximum absolute atomic E-state index is 10.9. The second kappa shape index (κ2) is 6.31. The molecule has 1 N–H and O–H groups in total. The van der Waals surface area contributed by atoms with Crippen molar-refractivity contribution in [2.45, 2.75) is 0 Å². The van der Waals surface area contributed by atoms with Gasteiger partial charge in [0.15, 0.2) is 0 Å². The van der Waals surface area contributed by atoms with Crippen LogP contribution in [0.5, 0.6) is 0 Å². The zero-order valence-corrected chi connectivity index (χ0v) is 11.2. The van der Waals surface area contributed by atoms with E-state index in [1.54, 1.807) is 30.3 Å². The number of halogens is 2. The Labute approximate surface area is 120 Å². The summed E-state index contributed by atoms with van der Waals surface area (Å²) in [5.74, 6) is -0.0977. The average molecular weight is 294 g/mol. The summed E-state index contributed by atoms with van der Waals surface area (Å²) in [6, 6.07) is 14.1. The lowest BCUT2D eigenvalue weighted by molar-refractivity contribution is 1.30. The summed E-state index contributed by atoms with van der Waals surface area (Å²) in [4.78, 5) is 10.9. The van der Waals surface area contributed by atoms with Crippen LogP contribution in [0.15, 0.2) is 58.8 Å². The number of nitrogens with one attached hydrogen (secondary N) is 1. The maximum Gasteiger partial charge on any atom is 0.225 e. The molecule has 0 spiro atoms. The Morgan fingerprint density at radius 3 is 2.16 bits per heavy atom. The van der Waals surface area contributed by atoms with Gasteiger partial charge in [-0.3, -0.25) is 5.43 Å². The van der Waals surface area contributed by atoms with Gasteiger partial charge in [0.25, 0.3) is 0 Å². The zero-order chi connectivity index (χ0) is 13.7. The van der Waals surface area contributed by atoms with Crippen LogP contribution in [-0.2, 0) is 0 Å². The van der Waals surface area contributed by atoms with Crippen molar-refractivity contribution in [2.75, 3.05) is 5.43 Å². The lowest BCUT2D eigenvalue weighted by Crippen LogP contribution is -2.02. The lowest BCUT2D eigenvalue weighted by atomic mass is 10.2. The number of nitrogens with zero attached hydrogens (tertiary/aromatic N) is 2. The van der Waals surface area contributed by atoms with Gasteiger partial charge in [-0.1, -0.05) is 47.5 Å². The van der Waals surface area contributed by atoms with Crippen molar-refractivity contribution in [1.82, 2.24) is 0 Å². The summed E-state index contributed by atoms with van der Waals surface area (Å²) >= 11 is 12.0. The molecule has 2 aromatic carbocycles. The molecule has 2 rings (SSSR count). The standard InChI is InChI=1S/C13H9Cl2N3O/c14-10-7-4-8-11(15)12(10)13(18-19)17-16-9-5-2-1-3-6-9/h1-8,16H. The molecule has 0 atom stereocenters. The monoisotopic (exact) mass is 293 g/mol. The van der Waals surface area contributed by atoms with Crippen molar-refractivity contribution in [3.8, 4) is 0 Å². The normalized spacial score (nSPS) is 11.2. The summed E-state index contributed by atoms with van der Waals surface area (Å²) in [5.41, 5.74) is 3.76. The molecule has 6 heteroatoms. The first-order valence-electron chi connectivity index (χ1n) is 5.39. The van der Waals surface area contributed by atoms with Gasteiger partial charge in [-0.2, -0.15) is 5.10 Å².